The predicted octanol–water partition coefficient (Wildman–Crippen LogP) is 3.01. The number of rotatable bonds is 11. The molecule has 0 bridgehead atoms. The summed E-state index contributed by atoms with van der Waals surface area (Å²) in [5, 5.41) is 5.52. The van der Waals surface area contributed by atoms with Crippen LogP contribution in [0.1, 0.15) is 20.3 Å². The Morgan fingerprint density at radius 3 is 2.61 bits per heavy atom. The molecule has 1 heterocycles. The van der Waals surface area contributed by atoms with Crippen molar-refractivity contribution < 1.29 is 18.1 Å². The second-order valence-electron chi connectivity index (χ2n) is 4.53. The van der Waals surface area contributed by atoms with Gasteiger partial charge in [0, 0.05) is 32.0 Å². The van der Waals surface area contributed by atoms with Crippen molar-refractivity contribution in [2.75, 3.05) is 29.7 Å². The summed E-state index contributed by atoms with van der Waals surface area (Å²) in [5.41, 5.74) is 0.658. The maximum atomic E-state index is 11.8. The van der Waals surface area contributed by atoms with Crippen LogP contribution < -0.4 is 10.6 Å². The van der Waals surface area contributed by atoms with Crippen LogP contribution in [0.4, 0.5) is 10.5 Å². The second-order valence-corrected chi connectivity index (χ2v) is 7.88. The van der Waals surface area contributed by atoms with E-state index in [-0.39, 0.29) is 6.03 Å². The second kappa shape index (κ2) is 11.7. The van der Waals surface area contributed by atoms with Crippen LogP contribution >= 0.6 is 22.6 Å². The van der Waals surface area contributed by atoms with Gasteiger partial charge in [-0.1, -0.05) is 22.6 Å². The molecule has 0 aliphatic carbocycles. The summed E-state index contributed by atoms with van der Waals surface area (Å²) >= 11 is 2.14. The van der Waals surface area contributed by atoms with Gasteiger partial charge in [-0.05, 0) is 32.4 Å². The van der Waals surface area contributed by atoms with E-state index in [1.807, 2.05) is 13.8 Å². The number of alkyl halides is 1. The normalized spacial score (nSPS) is 11.3. The van der Waals surface area contributed by atoms with Crippen LogP contribution in [0.5, 0.6) is 0 Å². The van der Waals surface area contributed by atoms with Crippen LogP contribution in [0.25, 0.3) is 0 Å². The SMILES string of the molecule is CCO[Si](CCCNC(=O)Nc1cccnc1)(OCC)OCI. The van der Waals surface area contributed by atoms with E-state index in [0.29, 0.717) is 36.1 Å². The van der Waals surface area contributed by atoms with Gasteiger partial charge in [0.05, 0.1) is 16.5 Å². The summed E-state index contributed by atoms with van der Waals surface area (Å²) in [6, 6.07) is 3.96. The van der Waals surface area contributed by atoms with E-state index in [0.717, 1.165) is 6.42 Å². The number of anilines is 1. The molecular formula is C14H24IN3O4Si. The van der Waals surface area contributed by atoms with Crippen molar-refractivity contribution in [3.63, 3.8) is 0 Å². The van der Waals surface area contributed by atoms with Gasteiger partial charge in [0.15, 0.2) is 0 Å². The number of carbonyl (C=O) groups is 1. The minimum Gasteiger partial charge on any atom is -0.374 e. The zero-order valence-corrected chi connectivity index (χ0v) is 16.7. The quantitative estimate of drug-likeness (QED) is 0.233. The molecular weight excluding hydrogens is 429 g/mol. The van der Waals surface area contributed by atoms with Gasteiger partial charge in [-0.25, -0.2) is 4.79 Å². The topological polar surface area (TPSA) is 81.7 Å². The number of hydrogen-bond acceptors (Lipinski definition) is 5. The molecule has 0 atom stereocenters. The molecule has 1 aromatic heterocycles. The standard InChI is InChI=1S/C14H24IN3O4Si/c1-3-20-23(21-4-2,22-12-15)10-6-9-17-14(19)18-13-7-5-8-16-11-13/h5,7-8,11H,3-4,6,9-10,12H2,1-2H3,(H2,17,18,19). The Balaban J connectivity index is 2.36. The third-order valence-electron chi connectivity index (χ3n) is 2.87. The number of amides is 2. The number of aromatic nitrogens is 1. The van der Waals surface area contributed by atoms with Crippen molar-refractivity contribution in [1.29, 1.82) is 0 Å². The van der Waals surface area contributed by atoms with E-state index in [9.17, 15) is 4.79 Å². The molecule has 0 fully saturated rings. The first-order valence-electron chi connectivity index (χ1n) is 7.58. The minimum absolute atomic E-state index is 0.257. The number of pyridine rings is 1. The highest BCUT2D eigenvalue weighted by Gasteiger charge is 2.39. The van der Waals surface area contributed by atoms with E-state index >= 15 is 0 Å². The maximum Gasteiger partial charge on any atom is 0.501 e. The fraction of sp³-hybridized carbons (Fsp3) is 0.571. The molecule has 1 rings (SSSR count). The number of hydrogen-bond donors (Lipinski definition) is 2. The molecule has 130 valence electrons. The van der Waals surface area contributed by atoms with Crippen LogP contribution in [0.3, 0.4) is 0 Å². The molecule has 0 saturated heterocycles. The van der Waals surface area contributed by atoms with E-state index in [4.69, 9.17) is 13.3 Å². The molecule has 1 aromatic rings. The van der Waals surface area contributed by atoms with Crippen molar-refractivity contribution in [2.24, 2.45) is 0 Å². The van der Waals surface area contributed by atoms with E-state index < -0.39 is 8.80 Å². The van der Waals surface area contributed by atoms with Gasteiger partial charge < -0.3 is 23.9 Å². The lowest BCUT2D eigenvalue weighted by Crippen LogP contribution is -2.46. The highest BCUT2D eigenvalue weighted by Crippen LogP contribution is 2.18. The molecule has 0 radical (unpaired) electrons. The first-order chi connectivity index (χ1) is 11.2. The number of nitrogens with one attached hydrogen (secondary N) is 2. The molecule has 9 heteroatoms. The van der Waals surface area contributed by atoms with Gasteiger partial charge in [-0.15, -0.1) is 0 Å². The van der Waals surface area contributed by atoms with Gasteiger partial charge in [0.25, 0.3) is 0 Å². The lowest BCUT2D eigenvalue weighted by atomic mass is 10.4. The minimum atomic E-state index is -2.63. The predicted molar refractivity (Wildman–Crippen MR) is 99.7 cm³/mol. The number of nitrogens with zero attached hydrogens (tertiary/aromatic N) is 1. The van der Waals surface area contributed by atoms with Crippen LogP contribution in [-0.4, -0.2) is 44.2 Å². The van der Waals surface area contributed by atoms with Gasteiger partial charge in [-0.3, -0.25) is 4.98 Å². The largest absolute Gasteiger partial charge is 0.501 e. The average molecular weight is 453 g/mol. The summed E-state index contributed by atoms with van der Waals surface area (Å²) in [6.45, 7) is 5.48. The van der Waals surface area contributed by atoms with Crippen molar-refractivity contribution in [3.05, 3.63) is 24.5 Å². The van der Waals surface area contributed by atoms with Crippen molar-refractivity contribution in [1.82, 2.24) is 10.3 Å². The summed E-state index contributed by atoms with van der Waals surface area (Å²) in [5.74, 6) is 0. The molecule has 0 unspecified atom stereocenters. The van der Waals surface area contributed by atoms with Gasteiger partial charge in [0.1, 0.15) is 0 Å². The third-order valence-corrected chi connectivity index (χ3v) is 6.77. The molecule has 2 N–H and O–H groups in total. The van der Waals surface area contributed by atoms with Gasteiger partial charge >= 0.3 is 14.8 Å². The van der Waals surface area contributed by atoms with Gasteiger partial charge in [0.2, 0.25) is 0 Å². The van der Waals surface area contributed by atoms with E-state index in [1.165, 1.54) is 0 Å². The molecule has 23 heavy (non-hydrogen) atoms. The Bertz CT molecular complexity index is 436. The molecule has 2 amide bonds. The maximum absolute atomic E-state index is 11.8. The fourth-order valence-electron chi connectivity index (χ4n) is 1.98. The Morgan fingerprint density at radius 1 is 1.30 bits per heavy atom. The fourth-order valence-corrected chi connectivity index (χ4v) is 5.75. The third kappa shape index (κ3) is 8.06. The summed E-state index contributed by atoms with van der Waals surface area (Å²) in [7, 11) is -2.63. The molecule has 0 aliphatic rings. The molecule has 0 aromatic carbocycles. The first kappa shape index (κ1) is 20.3. The van der Waals surface area contributed by atoms with Crippen LogP contribution in [-0.2, 0) is 13.3 Å². The number of urea groups is 1. The first-order valence-corrected chi connectivity index (χ1v) is 11.0. The highest BCUT2D eigenvalue weighted by atomic mass is 127. The highest BCUT2D eigenvalue weighted by molar-refractivity contribution is 14.1. The van der Waals surface area contributed by atoms with Crippen molar-refractivity contribution >= 4 is 43.1 Å². The lowest BCUT2D eigenvalue weighted by Gasteiger charge is -2.28. The number of halogens is 1. The summed E-state index contributed by atoms with van der Waals surface area (Å²) in [4.78, 5) is 15.7. The number of carbonyl (C=O) groups excluding carboxylic acids is 1. The molecule has 7 nitrogen and oxygen atoms in total. The van der Waals surface area contributed by atoms with Crippen LogP contribution in [0, 0.1) is 0 Å². The van der Waals surface area contributed by atoms with Crippen LogP contribution in [0.15, 0.2) is 24.5 Å². The lowest BCUT2D eigenvalue weighted by molar-refractivity contribution is 0.0840. The summed E-state index contributed by atoms with van der Waals surface area (Å²) in [6.07, 6.45) is 3.97. The smallest absolute Gasteiger partial charge is 0.374 e. The van der Waals surface area contributed by atoms with E-state index in [2.05, 4.69) is 38.2 Å². The molecule has 0 aliphatic heterocycles. The zero-order chi connectivity index (χ0) is 17.0. The Hall–Kier alpha value is -0.753. The Kier molecular flexibility index (Phi) is 10.4. The van der Waals surface area contributed by atoms with Crippen molar-refractivity contribution in [3.8, 4) is 0 Å². The van der Waals surface area contributed by atoms with Crippen LogP contribution in [0.2, 0.25) is 6.04 Å². The monoisotopic (exact) mass is 453 g/mol. The Labute approximate surface area is 152 Å². The zero-order valence-electron chi connectivity index (χ0n) is 13.5. The van der Waals surface area contributed by atoms with E-state index in [1.54, 1.807) is 24.5 Å². The summed E-state index contributed by atoms with van der Waals surface area (Å²) < 4.78 is 17.8. The molecule has 0 saturated carbocycles. The van der Waals surface area contributed by atoms with Crippen molar-refractivity contribution in [2.45, 2.75) is 26.3 Å². The van der Waals surface area contributed by atoms with Gasteiger partial charge in [-0.2, -0.15) is 0 Å². The molecule has 0 spiro atoms. The Morgan fingerprint density at radius 2 is 2.04 bits per heavy atom. The average Bonchev–Trinajstić information content (AvgIpc) is 2.53.